The third kappa shape index (κ3) is 2.47. The normalized spacial score (nSPS) is 35.0. The third-order valence-corrected chi connectivity index (χ3v) is 9.98. The van der Waals surface area contributed by atoms with Gasteiger partial charge in [0.2, 0.25) is 0 Å². The lowest BCUT2D eigenvalue weighted by Crippen LogP contribution is -2.44. The van der Waals surface area contributed by atoms with Crippen LogP contribution in [0.25, 0.3) is 0 Å². The van der Waals surface area contributed by atoms with Crippen molar-refractivity contribution in [1.29, 1.82) is 0 Å². The van der Waals surface area contributed by atoms with Crippen molar-refractivity contribution in [3.8, 4) is 0 Å². The van der Waals surface area contributed by atoms with Crippen molar-refractivity contribution in [3.63, 3.8) is 0 Å². The molecule has 3 aliphatic rings. The van der Waals surface area contributed by atoms with E-state index >= 15 is 0 Å². The fourth-order valence-electron chi connectivity index (χ4n) is 4.73. The molecule has 3 heterocycles. The van der Waals surface area contributed by atoms with Gasteiger partial charge >= 0.3 is 12.0 Å². The summed E-state index contributed by atoms with van der Waals surface area (Å²) in [5, 5.41) is 13.8. The lowest BCUT2D eigenvalue weighted by molar-refractivity contribution is -0.149. The molecule has 1 aromatic rings. The first-order valence-electron chi connectivity index (χ1n) is 8.86. The number of carboxylic acids is 1. The Hall–Kier alpha value is -1.61. The van der Waals surface area contributed by atoms with E-state index in [1.165, 1.54) is 11.3 Å². The average molecular weight is 399 g/mol. The van der Waals surface area contributed by atoms with Gasteiger partial charge in [0.1, 0.15) is 4.21 Å². The highest BCUT2D eigenvalue weighted by atomic mass is 32.2. The van der Waals surface area contributed by atoms with E-state index in [2.05, 4.69) is 5.32 Å². The van der Waals surface area contributed by atoms with E-state index in [1.54, 1.807) is 23.3 Å². The number of sulfone groups is 1. The van der Waals surface area contributed by atoms with Crippen molar-refractivity contribution >= 4 is 33.2 Å². The molecule has 9 heteroatoms. The predicted molar refractivity (Wildman–Crippen MR) is 95.8 cm³/mol. The Morgan fingerprint density at radius 1 is 1.42 bits per heavy atom. The number of hydrogen-bond donors (Lipinski definition) is 2. The van der Waals surface area contributed by atoms with Gasteiger partial charge in [-0.05, 0) is 43.6 Å². The molecule has 4 atom stereocenters. The first kappa shape index (κ1) is 17.8. The Balaban J connectivity index is 1.53. The van der Waals surface area contributed by atoms with E-state index in [1.807, 2.05) is 0 Å². The topological polar surface area (TPSA) is 104 Å². The molecule has 1 saturated carbocycles. The lowest BCUT2D eigenvalue weighted by Gasteiger charge is -2.30. The van der Waals surface area contributed by atoms with Gasteiger partial charge in [-0.25, -0.2) is 13.2 Å². The number of nitrogens with zero attached hydrogens (tertiary/aromatic N) is 1. The second kappa shape index (κ2) is 5.95. The third-order valence-electron chi connectivity index (χ3n) is 6.27. The zero-order valence-electron chi connectivity index (χ0n) is 14.5. The minimum absolute atomic E-state index is 0.00751. The Labute approximate surface area is 156 Å². The SMILES string of the molecule is C[C@H]1C[C@H](NC(=O)N2C[C@@H]3CCC[C@@]3(C(=O)O)C2)c2ccsc2S1(=O)=O. The summed E-state index contributed by atoms with van der Waals surface area (Å²) in [6.07, 6.45) is 2.68. The molecule has 7 nitrogen and oxygen atoms in total. The number of likely N-dealkylation sites (tertiary alicyclic amines) is 1. The summed E-state index contributed by atoms with van der Waals surface area (Å²) < 4.78 is 25.2. The number of nitrogens with one attached hydrogen (secondary N) is 1. The smallest absolute Gasteiger partial charge is 0.317 e. The summed E-state index contributed by atoms with van der Waals surface area (Å²) in [5.41, 5.74) is -0.164. The molecular formula is C17H22N2O5S2. The van der Waals surface area contributed by atoms with Gasteiger partial charge in [-0.2, -0.15) is 0 Å². The van der Waals surface area contributed by atoms with Gasteiger partial charge in [0.15, 0.2) is 9.84 Å². The van der Waals surface area contributed by atoms with Crippen LogP contribution in [-0.2, 0) is 14.6 Å². The van der Waals surface area contributed by atoms with Crippen molar-refractivity contribution in [2.75, 3.05) is 13.1 Å². The number of carbonyl (C=O) groups is 2. The van der Waals surface area contributed by atoms with Gasteiger partial charge < -0.3 is 15.3 Å². The monoisotopic (exact) mass is 398 g/mol. The summed E-state index contributed by atoms with van der Waals surface area (Å²) >= 11 is 1.19. The molecule has 4 rings (SSSR count). The van der Waals surface area contributed by atoms with Crippen LogP contribution in [0, 0.1) is 11.3 Å². The molecule has 0 spiro atoms. The molecule has 0 aromatic carbocycles. The molecule has 1 saturated heterocycles. The molecule has 1 aliphatic carbocycles. The summed E-state index contributed by atoms with van der Waals surface area (Å²) in [7, 11) is -3.32. The van der Waals surface area contributed by atoms with Crippen LogP contribution in [0.15, 0.2) is 15.7 Å². The van der Waals surface area contributed by atoms with Gasteiger partial charge in [0, 0.05) is 18.7 Å². The largest absolute Gasteiger partial charge is 0.481 e. The van der Waals surface area contributed by atoms with Crippen LogP contribution in [-0.4, -0.2) is 48.8 Å². The Morgan fingerprint density at radius 2 is 2.19 bits per heavy atom. The second-order valence-electron chi connectivity index (χ2n) is 7.69. The summed E-state index contributed by atoms with van der Waals surface area (Å²) in [6, 6.07) is 1.10. The summed E-state index contributed by atoms with van der Waals surface area (Å²) in [6.45, 7) is 2.35. The number of fused-ring (bicyclic) bond motifs is 2. The quantitative estimate of drug-likeness (QED) is 0.795. The van der Waals surface area contributed by atoms with Gasteiger partial charge in [0.05, 0.1) is 16.7 Å². The summed E-state index contributed by atoms with van der Waals surface area (Å²) in [5.74, 6) is -0.805. The lowest BCUT2D eigenvalue weighted by atomic mass is 9.81. The molecule has 0 unspecified atom stereocenters. The first-order valence-corrected chi connectivity index (χ1v) is 11.3. The Bertz CT molecular complexity index is 864. The molecule has 1 aromatic heterocycles. The zero-order valence-corrected chi connectivity index (χ0v) is 16.1. The number of amides is 2. The second-order valence-corrected chi connectivity index (χ2v) is 11.2. The summed E-state index contributed by atoms with van der Waals surface area (Å²) in [4.78, 5) is 26.2. The number of rotatable bonds is 2. The number of hydrogen-bond acceptors (Lipinski definition) is 5. The minimum Gasteiger partial charge on any atom is -0.481 e. The maximum absolute atomic E-state index is 12.8. The molecule has 2 aliphatic heterocycles. The molecule has 2 N–H and O–H groups in total. The number of carbonyl (C=O) groups excluding carboxylic acids is 1. The number of carboxylic acid groups (broad SMARTS) is 1. The average Bonchev–Trinajstić information content (AvgIpc) is 3.26. The molecule has 0 radical (unpaired) electrons. The van der Waals surface area contributed by atoms with E-state index in [0.29, 0.717) is 29.2 Å². The maximum Gasteiger partial charge on any atom is 0.317 e. The van der Waals surface area contributed by atoms with Crippen molar-refractivity contribution in [1.82, 2.24) is 10.2 Å². The van der Waals surface area contributed by atoms with E-state index < -0.39 is 26.5 Å². The van der Waals surface area contributed by atoms with Crippen molar-refractivity contribution in [3.05, 3.63) is 17.0 Å². The van der Waals surface area contributed by atoms with Crippen molar-refractivity contribution in [2.24, 2.45) is 11.3 Å². The van der Waals surface area contributed by atoms with Crippen LogP contribution < -0.4 is 5.32 Å². The van der Waals surface area contributed by atoms with Crippen LogP contribution in [0.3, 0.4) is 0 Å². The van der Waals surface area contributed by atoms with Gasteiger partial charge in [-0.3, -0.25) is 4.79 Å². The zero-order chi connectivity index (χ0) is 18.7. The van der Waals surface area contributed by atoms with E-state index in [-0.39, 0.29) is 24.5 Å². The van der Waals surface area contributed by atoms with Crippen LogP contribution in [0.1, 0.15) is 44.2 Å². The highest BCUT2D eigenvalue weighted by Crippen LogP contribution is 2.49. The van der Waals surface area contributed by atoms with Gasteiger partial charge in [-0.15, -0.1) is 11.3 Å². The van der Waals surface area contributed by atoms with E-state index in [4.69, 9.17) is 0 Å². The first-order chi connectivity index (χ1) is 12.3. The molecule has 0 bridgehead atoms. The Kier molecular flexibility index (Phi) is 4.07. The van der Waals surface area contributed by atoms with Crippen molar-refractivity contribution < 1.29 is 23.1 Å². The standard InChI is InChI=1S/C17H22N2O5S2/c1-10-7-13(12-4-6-25-14(12)26(10,23)24)18-16(22)19-8-11-3-2-5-17(11,9-19)15(20)21/h4,6,10-11,13H,2-3,5,7-9H2,1H3,(H,18,22)(H,20,21)/t10-,11-,13-,17+/m0/s1. The van der Waals surface area contributed by atoms with Crippen LogP contribution >= 0.6 is 11.3 Å². The number of thiophene rings is 1. The van der Waals surface area contributed by atoms with Gasteiger partial charge in [0.25, 0.3) is 0 Å². The van der Waals surface area contributed by atoms with Crippen LogP contribution in [0.4, 0.5) is 4.79 Å². The van der Waals surface area contributed by atoms with E-state index in [9.17, 15) is 23.1 Å². The van der Waals surface area contributed by atoms with Crippen LogP contribution in [0.5, 0.6) is 0 Å². The minimum atomic E-state index is -3.32. The van der Waals surface area contributed by atoms with Crippen LogP contribution in [0.2, 0.25) is 0 Å². The Morgan fingerprint density at radius 3 is 2.88 bits per heavy atom. The van der Waals surface area contributed by atoms with E-state index in [0.717, 1.165) is 12.8 Å². The molecular weight excluding hydrogens is 376 g/mol. The number of urea groups is 1. The number of aliphatic carboxylic acids is 1. The molecule has 142 valence electrons. The molecule has 2 fully saturated rings. The maximum atomic E-state index is 12.8. The predicted octanol–water partition coefficient (Wildman–Crippen LogP) is 2.25. The fraction of sp³-hybridized carbons (Fsp3) is 0.647. The van der Waals surface area contributed by atoms with Crippen molar-refractivity contribution in [2.45, 2.75) is 48.1 Å². The highest BCUT2D eigenvalue weighted by molar-refractivity contribution is 7.94. The fourth-order valence-corrected chi connectivity index (χ4v) is 7.96. The van der Waals surface area contributed by atoms with Gasteiger partial charge in [-0.1, -0.05) is 6.42 Å². The molecule has 26 heavy (non-hydrogen) atoms. The highest BCUT2D eigenvalue weighted by Gasteiger charge is 2.56. The molecule has 2 amide bonds.